The summed E-state index contributed by atoms with van der Waals surface area (Å²) in [7, 11) is 0. The Morgan fingerprint density at radius 1 is 1.20 bits per heavy atom. The molecule has 0 atom stereocenters. The topological polar surface area (TPSA) is 165 Å². The van der Waals surface area contributed by atoms with Crippen molar-refractivity contribution in [3.05, 3.63) is 43.2 Å². The van der Waals surface area contributed by atoms with Crippen LogP contribution in [0.15, 0.2) is 27.5 Å². The average Bonchev–Trinajstić information content (AvgIpc) is 2.19. The molecule has 0 aromatic heterocycles. The SMILES string of the molecule is [N-]=[N+]=NC1=CN(N=[N+]=[N-])NN(N=[N+]=[N-])C1. The molecule has 76 valence electrons. The highest BCUT2D eigenvalue weighted by atomic mass is 15.9. The van der Waals surface area contributed by atoms with Crippen LogP contribution in [-0.4, -0.2) is 16.8 Å². The van der Waals surface area contributed by atoms with Crippen molar-refractivity contribution >= 4 is 0 Å². The second kappa shape index (κ2) is 5.07. The lowest BCUT2D eigenvalue weighted by molar-refractivity contribution is 0.0498. The second-order valence-electron chi connectivity index (χ2n) is 2.17. The summed E-state index contributed by atoms with van der Waals surface area (Å²) >= 11 is 0. The Bertz CT molecular complexity index is 401. The van der Waals surface area contributed by atoms with Crippen LogP contribution in [0.4, 0.5) is 0 Å². The fourth-order valence-corrected chi connectivity index (χ4v) is 0.822. The maximum Gasteiger partial charge on any atom is 0.144 e. The fourth-order valence-electron chi connectivity index (χ4n) is 0.822. The molecule has 1 heterocycles. The summed E-state index contributed by atoms with van der Waals surface area (Å²) in [6.45, 7) is 0.0611. The molecule has 0 spiro atoms. The van der Waals surface area contributed by atoms with Gasteiger partial charge in [-0.1, -0.05) is 5.11 Å². The summed E-state index contributed by atoms with van der Waals surface area (Å²) < 4.78 is 0. The third-order valence-electron chi connectivity index (χ3n) is 1.26. The lowest BCUT2D eigenvalue weighted by Gasteiger charge is -2.20. The molecular formula is C3H4N12. The molecule has 1 N–H and O–H groups in total. The first-order valence-corrected chi connectivity index (χ1v) is 3.49. The molecule has 15 heavy (non-hydrogen) atoms. The van der Waals surface area contributed by atoms with E-state index in [1.807, 2.05) is 0 Å². The summed E-state index contributed by atoms with van der Waals surface area (Å²) in [5.41, 5.74) is 27.2. The van der Waals surface area contributed by atoms with Gasteiger partial charge >= 0.3 is 0 Å². The summed E-state index contributed by atoms with van der Waals surface area (Å²) in [6, 6.07) is 0. The Kier molecular flexibility index (Phi) is 3.48. The average molecular weight is 208 g/mol. The highest BCUT2D eigenvalue weighted by molar-refractivity contribution is 5.02. The van der Waals surface area contributed by atoms with Crippen LogP contribution in [0.5, 0.6) is 0 Å². The van der Waals surface area contributed by atoms with Crippen LogP contribution < -0.4 is 5.53 Å². The van der Waals surface area contributed by atoms with Gasteiger partial charge in [-0.3, -0.25) is 0 Å². The zero-order valence-electron chi connectivity index (χ0n) is 7.20. The lowest BCUT2D eigenvalue weighted by Crippen LogP contribution is -2.45. The minimum atomic E-state index is 0.0611. The van der Waals surface area contributed by atoms with Crippen LogP contribution in [0.3, 0.4) is 0 Å². The van der Waals surface area contributed by atoms with Gasteiger partial charge in [0.25, 0.3) is 0 Å². The quantitative estimate of drug-likeness (QED) is 0.423. The first kappa shape index (κ1) is 10.3. The molecule has 12 heteroatoms. The summed E-state index contributed by atoms with van der Waals surface area (Å²) in [4.78, 5) is 7.56. The summed E-state index contributed by atoms with van der Waals surface area (Å²) in [6.07, 6.45) is 1.27. The van der Waals surface area contributed by atoms with E-state index in [0.29, 0.717) is 0 Å². The zero-order chi connectivity index (χ0) is 11.1. The molecular weight excluding hydrogens is 204 g/mol. The van der Waals surface area contributed by atoms with E-state index in [0.717, 1.165) is 10.2 Å². The summed E-state index contributed by atoms with van der Waals surface area (Å²) in [5.74, 6) is 0. The van der Waals surface area contributed by atoms with Gasteiger partial charge in [0, 0.05) is 20.9 Å². The highest BCUT2D eigenvalue weighted by Crippen LogP contribution is 2.08. The highest BCUT2D eigenvalue weighted by Gasteiger charge is 2.20. The number of hydrogen-bond donors (Lipinski definition) is 1. The molecule has 0 bridgehead atoms. The van der Waals surface area contributed by atoms with E-state index in [9.17, 15) is 0 Å². The van der Waals surface area contributed by atoms with E-state index >= 15 is 0 Å². The van der Waals surface area contributed by atoms with Crippen LogP contribution >= 0.6 is 0 Å². The van der Waals surface area contributed by atoms with E-state index in [1.54, 1.807) is 0 Å². The Morgan fingerprint density at radius 2 is 1.93 bits per heavy atom. The van der Waals surface area contributed by atoms with Crippen LogP contribution in [0.25, 0.3) is 31.3 Å². The van der Waals surface area contributed by atoms with Gasteiger partial charge in [0.1, 0.15) is 18.4 Å². The van der Waals surface area contributed by atoms with Crippen LogP contribution in [0.1, 0.15) is 0 Å². The van der Waals surface area contributed by atoms with Crippen molar-refractivity contribution in [2.75, 3.05) is 6.54 Å². The maximum atomic E-state index is 8.20. The van der Waals surface area contributed by atoms with Gasteiger partial charge in [-0.05, 0) is 5.53 Å². The lowest BCUT2D eigenvalue weighted by atomic mass is 10.5. The molecule has 0 unspecified atom stereocenters. The first-order chi connectivity index (χ1) is 7.30. The molecule has 0 saturated heterocycles. The molecule has 1 rings (SSSR count). The van der Waals surface area contributed by atoms with Crippen molar-refractivity contribution < 1.29 is 0 Å². The Labute approximate surface area is 82.1 Å². The monoisotopic (exact) mass is 208 g/mol. The first-order valence-electron chi connectivity index (χ1n) is 3.49. The smallest absolute Gasteiger partial charge is 0.144 e. The van der Waals surface area contributed by atoms with Gasteiger partial charge in [0.05, 0.1) is 0 Å². The molecule has 0 aromatic carbocycles. The Hall–Kier alpha value is -2.77. The Balaban J connectivity index is 2.92. The second-order valence-corrected chi connectivity index (χ2v) is 2.17. The van der Waals surface area contributed by atoms with E-state index in [4.69, 9.17) is 16.6 Å². The minimum absolute atomic E-state index is 0.0611. The minimum Gasteiger partial charge on any atom is -0.167 e. The third kappa shape index (κ3) is 2.88. The third-order valence-corrected chi connectivity index (χ3v) is 1.26. The van der Waals surface area contributed by atoms with E-state index in [2.05, 4.69) is 35.8 Å². The largest absolute Gasteiger partial charge is 0.167 e. The molecule has 0 amide bonds. The molecule has 0 saturated carbocycles. The van der Waals surface area contributed by atoms with Crippen molar-refractivity contribution in [2.45, 2.75) is 0 Å². The maximum absolute atomic E-state index is 8.20. The molecule has 1 aliphatic rings. The number of azide groups is 3. The predicted molar refractivity (Wildman–Crippen MR) is 47.2 cm³/mol. The van der Waals surface area contributed by atoms with Crippen LogP contribution in [0, 0.1) is 0 Å². The number of hydrazine groups is 2. The number of rotatable bonds is 3. The molecule has 0 fully saturated rings. The predicted octanol–water partition coefficient (Wildman–Crippen LogP) is 1.63. The molecule has 0 aliphatic carbocycles. The summed E-state index contributed by atoms with van der Waals surface area (Å²) in [5, 5.41) is 11.6. The molecule has 12 nitrogen and oxygen atoms in total. The van der Waals surface area contributed by atoms with Crippen molar-refractivity contribution in [1.82, 2.24) is 15.8 Å². The molecule has 0 radical (unpaired) electrons. The van der Waals surface area contributed by atoms with Gasteiger partial charge < -0.3 is 0 Å². The van der Waals surface area contributed by atoms with Gasteiger partial charge in [-0.25, -0.2) is 0 Å². The van der Waals surface area contributed by atoms with Gasteiger partial charge in [-0.15, -0.1) is 21.3 Å². The Morgan fingerprint density at radius 3 is 2.53 bits per heavy atom. The van der Waals surface area contributed by atoms with Crippen molar-refractivity contribution in [2.24, 2.45) is 15.6 Å². The van der Waals surface area contributed by atoms with Crippen LogP contribution in [0.2, 0.25) is 0 Å². The van der Waals surface area contributed by atoms with E-state index in [-0.39, 0.29) is 12.2 Å². The van der Waals surface area contributed by atoms with Crippen LogP contribution in [-0.2, 0) is 0 Å². The van der Waals surface area contributed by atoms with Crippen molar-refractivity contribution in [3.63, 3.8) is 0 Å². The number of nitrogens with zero attached hydrogens (tertiary/aromatic N) is 11. The van der Waals surface area contributed by atoms with Crippen molar-refractivity contribution in [1.29, 1.82) is 0 Å². The van der Waals surface area contributed by atoms with E-state index < -0.39 is 0 Å². The van der Waals surface area contributed by atoms with Gasteiger partial charge in [0.2, 0.25) is 0 Å². The van der Waals surface area contributed by atoms with Gasteiger partial charge in [0.15, 0.2) is 0 Å². The molecule has 1 aliphatic heterocycles. The normalized spacial score (nSPS) is 14.3. The number of nitrogens with one attached hydrogen (secondary N) is 1. The standard InChI is InChI=1S/C3H4N12/c4-8-7-3-1-14(11-9-5)13-15(2-3)12-10-6/h1,13H,2H2. The number of hydrogen-bond acceptors (Lipinski definition) is 4. The zero-order valence-corrected chi connectivity index (χ0v) is 7.20. The van der Waals surface area contributed by atoms with Crippen molar-refractivity contribution in [3.8, 4) is 0 Å². The van der Waals surface area contributed by atoms with Gasteiger partial charge in [-0.2, -0.15) is 9.82 Å². The fraction of sp³-hybridized carbons (Fsp3) is 0.333. The molecule has 0 aromatic rings. The van der Waals surface area contributed by atoms with E-state index in [1.165, 1.54) is 6.20 Å².